The van der Waals surface area contributed by atoms with Crippen LogP contribution in [0.2, 0.25) is 5.02 Å². The summed E-state index contributed by atoms with van der Waals surface area (Å²) in [7, 11) is 0. The molecule has 0 aliphatic carbocycles. The maximum Gasteiger partial charge on any atom is 0.260 e. The van der Waals surface area contributed by atoms with E-state index in [2.05, 4.69) is 10.6 Å². The fraction of sp³-hybridized carbons (Fsp3) is 0.286. The van der Waals surface area contributed by atoms with Crippen molar-refractivity contribution in [1.29, 1.82) is 0 Å². The summed E-state index contributed by atoms with van der Waals surface area (Å²) in [5.74, 6) is -0.533. The van der Waals surface area contributed by atoms with Crippen LogP contribution in [0.5, 0.6) is 5.75 Å². The van der Waals surface area contributed by atoms with Crippen LogP contribution in [-0.2, 0) is 14.4 Å². The lowest BCUT2D eigenvalue weighted by Crippen LogP contribution is -2.40. The molecule has 0 aliphatic heterocycles. The van der Waals surface area contributed by atoms with Crippen molar-refractivity contribution in [3.63, 3.8) is 0 Å². The van der Waals surface area contributed by atoms with Crippen LogP contribution in [0.1, 0.15) is 19.4 Å². The fourth-order valence-corrected chi connectivity index (χ4v) is 2.76. The van der Waals surface area contributed by atoms with Gasteiger partial charge in [-0.25, -0.2) is 0 Å². The highest BCUT2D eigenvalue weighted by Gasteiger charge is 2.17. The Kier molecular flexibility index (Phi) is 8.03. The molecule has 0 aromatic heterocycles. The highest BCUT2D eigenvalue weighted by Crippen LogP contribution is 2.23. The summed E-state index contributed by atoms with van der Waals surface area (Å²) in [6.45, 7) is 5.00. The lowest BCUT2D eigenvalue weighted by molar-refractivity contribution is -0.136. The van der Waals surface area contributed by atoms with E-state index in [0.29, 0.717) is 28.7 Å². The van der Waals surface area contributed by atoms with Gasteiger partial charge >= 0.3 is 0 Å². The van der Waals surface area contributed by atoms with E-state index >= 15 is 0 Å². The molecule has 0 unspecified atom stereocenters. The van der Waals surface area contributed by atoms with Gasteiger partial charge in [0.15, 0.2) is 6.61 Å². The number of carbonyl (C=O) groups excluding carboxylic acids is 3. The Labute approximate surface area is 175 Å². The van der Waals surface area contributed by atoms with E-state index in [9.17, 15) is 14.4 Å². The summed E-state index contributed by atoms with van der Waals surface area (Å²) in [5.41, 5.74) is 1.95. The van der Waals surface area contributed by atoms with Gasteiger partial charge in [-0.2, -0.15) is 0 Å². The summed E-state index contributed by atoms with van der Waals surface area (Å²) >= 11 is 5.97. The third-order valence-electron chi connectivity index (χ3n) is 4.09. The Morgan fingerprint density at radius 1 is 1.07 bits per heavy atom. The molecule has 2 rings (SSSR count). The van der Waals surface area contributed by atoms with Crippen LogP contribution in [-0.4, -0.2) is 42.3 Å². The smallest absolute Gasteiger partial charge is 0.260 e. The molecule has 2 N–H and O–H groups in total. The van der Waals surface area contributed by atoms with E-state index in [1.54, 1.807) is 49.4 Å². The number of carbonyl (C=O) groups is 3. The molecule has 2 aromatic rings. The SMILES string of the molecule is CCN(CC(=O)Nc1cc(Cl)ccc1C)C(=O)COc1ccccc1NC(C)=O. The van der Waals surface area contributed by atoms with E-state index in [4.69, 9.17) is 16.3 Å². The van der Waals surface area contributed by atoms with Gasteiger partial charge in [0.25, 0.3) is 5.91 Å². The van der Waals surface area contributed by atoms with Crippen LogP contribution >= 0.6 is 11.6 Å². The number of rotatable bonds is 8. The first kappa shape index (κ1) is 22.2. The van der Waals surface area contributed by atoms with Gasteiger partial charge in [0, 0.05) is 24.2 Å². The standard InChI is InChI=1S/C21H24ClN3O4/c1-4-25(12-20(27)24-18-11-16(22)10-9-14(18)2)21(28)13-29-19-8-6-5-7-17(19)23-15(3)26/h5-11H,4,12-13H2,1-3H3,(H,23,26)(H,24,27). The Hall–Kier alpha value is -3.06. The zero-order valence-electron chi connectivity index (χ0n) is 16.6. The zero-order valence-corrected chi connectivity index (χ0v) is 17.4. The molecule has 0 fully saturated rings. The van der Waals surface area contributed by atoms with Crippen molar-refractivity contribution < 1.29 is 19.1 Å². The van der Waals surface area contributed by atoms with Crippen LogP contribution in [0.25, 0.3) is 0 Å². The predicted molar refractivity (Wildman–Crippen MR) is 113 cm³/mol. The first-order valence-corrected chi connectivity index (χ1v) is 9.51. The van der Waals surface area contributed by atoms with Gasteiger partial charge in [-0.15, -0.1) is 0 Å². The lowest BCUT2D eigenvalue weighted by Gasteiger charge is -2.21. The van der Waals surface area contributed by atoms with Gasteiger partial charge in [-0.1, -0.05) is 29.8 Å². The second-order valence-electron chi connectivity index (χ2n) is 6.38. The normalized spacial score (nSPS) is 10.2. The fourth-order valence-electron chi connectivity index (χ4n) is 2.58. The molecule has 154 valence electrons. The molecule has 0 saturated carbocycles. The van der Waals surface area contributed by atoms with E-state index in [-0.39, 0.29) is 30.9 Å². The number of para-hydroxylation sites is 2. The number of hydrogen-bond donors (Lipinski definition) is 2. The highest BCUT2D eigenvalue weighted by molar-refractivity contribution is 6.31. The first-order valence-electron chi connectivity index (χ1n) is 9.13. The molecule has 0 atom stereocenters. The van der Waals surface area contributed by atoms with Crippen LogP contribution in [0.4, 0.5) is 11.4 Å². The van der Waals surface area contributed by atoms with Crippen molar-refractivity contribution in [1.82, 2.24) is 4.90 Å². The number of halogens is 1. The van der Waals surface area contributed by atoms with Gasteiger partial charge in [-0.3, -0.25) is 14.4 Å². The second-order valence-corrected chi connectivity index (χ2v) is 6.82. The minimum atomic E-state index is -0.344. The van der Waals surface area contributed by atoms with Gasteiger partial charge in [0.1, 0.15) is 5.75 Å². The number of hydrogen-bond acceptors (Lipinski definition) is 4. The molecule has 2 aromatic carbocycles. The predicted octanol–water partition coefficient (Wildman–Crippen LogP) is 3.47. The average Bonchev–Trinajstić information content (AvgIpc) is 2.67. The monoisotopic (exact) mass is 417 g/mol. The van der Waals surface area contributed by atoms with Gasteiger partial charge in [0.05, 0.1) is 12.2 Å². The third kappa shape index (κ3) is 6.80. The molecule has 0 bridgehead atoms. The summed E-state index contributed by atoms with van der Waals surface area (Å²) in [5, 5.41) is 5.93. The van der Waals surface area contributed by atoms with Crippen molar-refractivity contribution in [2.24, 2.45) is 0 Å². The number of anilines is 2. The van der Waals surface area contributed by atoms with E-state index in [1.165, 1.54) is 11.8 Å². The number of likely N-dealkylation sites (N-methyl/N-ethyl adjacent to an activating group) is 1. The minimum absolute atomic E-state index is 0.113. The van der Waals surface area contributed by atoms with E-state index in [1.807, 2.05) is 6.92 Å². The van der Waals surface area contributed by atoms with Crippen molar-refractivity contribution >= 4 is 40.7 Å². The maximum absolute atomic E-state index is 12.5. The number of ether oxygens (including phenoxy) is 1. The Bertz CT molecular complexity index is 901. The molecule has 0 radical (unpaired) electrons. The van der Waals surface area contributed by atoms with E-state index < -0.39 is 0 Å². The number of nitrogens with zero attached hydrogens (tertiary/aromatic N) is 1. The van der Waals surface area contributed by atoms with E-state index in [0.717, 1.165) is 5.56 Å². The summed E-state index contributed by atoms with van der Waals surface area (Å²) < 4.78 is 5.56. The molecule has 3 amide bonds. The van der Waals surface area contributed by atoms with Gasteiger partial charge in [0.2, 0.25) is 11.8 Å². The minimum Gasteiger partial charge on any atom is -0.482 e. The number of amides is 3. The lowest BCUT2D eigenvalue weighted by atomic mass is 10.2. The molecule has 29 heavy (non-hydrogen) atoms. The third-order valence-corrected chi connectivity index (χ3v) is 4.33. The zero-order chi connectivity index (χ0) is 21.4. The number of aryl methyl sites for hydroxylation is 1. The van der Waals surface area contributed by atoms with Crippen LogP contribution in [0, 0.1) is 6.92 Å². The Morgan fingerprint density at radius 3 is 2.48 bits per heavy atom. The second kappa shape index (κ2) is 10.5. The van der Waals surface area contributed by atoms with Crippen molar-refractivity contribution in [3.05, 3.63) is 53.1 Å². The number of nitrogens with one attached hydrogen (secondary N) is 2. The topological polar surface area (TPSA) is 87.7 Å². The van der Waals surface area contributed by atoms with Crippen molar-refractivity contribution in [2.45, 2.75) is 20.8 Å². The maximum atomic E-state index is 12.5. The summed E-state index contributed by atoms with van der Waals surface area (Å²) in [4.78, 5) is 37.5. The average molecular weight is 418 g/mol. The summed E-state index contributed by atoms with van der Waals surface area (Å²) in [6.07, 6.45) is 0. The molecule has 7 nitrogen and oxygen atoms in total. The number of benzene rings is 2. The first-order chi connectivity index (χ1) is 13.8. The van der Waals surface area contributed by atoms with Gasteiger partial charge in [-0.05, 0) is 43.7 Å². The van der Waals surface area contributed by atoms with Crippen molar-refractivity contribution in [2.75, 3.05) is 30.3 Å². The molecule has 0 aliphatic rings. The molecule has 0 saturated heterocycles. The Balaban J connectivity index is 1.96. The van der Waals surface area contributed by atoms with Crippen LogP contribution in [0.15, 0.2) is 42.5 Å². The van der Waals surface area contributed by atoms with Crippen LogP contribution in [0.3, 0.4) is 0 Å². The largest absolute Gasteiger partial charge is 0.482 e. The highest BCUT2D eigenvalue weighted by atomic mass is 35.5. The van der Waals surface area contributed by atoms with Gasteiger partial charge < -0.3 is 20.3 Å². The van der Waals surface area contributed by atoms with Crippen LogP contribution < -0.4 is 15.4 Å². The molecule has 0 spiro atoms. The quantitative estimate of drug-likeness (QED) is 0.688. The molecular formula is C21H24ClN3O4. The molecule has 0 heterocycles. The summed E-state index contributed by atoms with van der Waals surface area (Å²) in [6, 6.07) is 12.0. The molecular weight excluding hydrogens is 394 g/mol. The Morgan fingerprint density at radius 2 is 1.79 bits per heavy atom. The molecule has 8 heteroatoms. The van der Waals surface area contributed by atoms with Crippen molar-refractivity contribution in [3.8, 4) is 5.75 Å².